The monoisotopic (exact) mass is 413 g/mol. The lowest BCUT2D eigenvalue weighted by Crippen LogP contribution is -2.43. The summed E-state index contributed by atoms with van der Waals surface area (Å²) in [6.07, 6.45) is 3.41. The molecular formula is C20H23N5O3S. The molecule has 4 heterocycles. The predicted octanol–water partition coefficient (Wildman–Crippen LogP) is 1.51. The van der Waals surface area contributed by atoms with Gasteiger partial charge >= 0.3 is 0 Å². The molecule has 29 heavy (non-hydrogen) atoms. The molecule has 1 fully saturated rings. The number of hydrogen-bond donors (Lipinski definition) is 1. The van der Waals surface area contributed by atoms with Gasteiger partial charge in [0.2, 0.25) is 0 Å². The highest BCUT2D eigenvalue weighted by atomic mass is 32.2. The normalized spacial score (nSPS) is 17.3. The van der Waals surface area contributed by atoms with Gasteiger partial charge in [0, 0.05) is 45.6 Å². The van der Waals surface area contributed by atoms with Crippen molar-refractivity contribution in [2.45, 2.75) is 4.90 Å². The lowest BCUT2D eigenvalue weighted by molar-refractivity contribution is 0.311. The average Bonchev–Trinajstić information content (AvgIpc) is 3.15. The second kappa shape index (κ2) is 6.93. The number of fused-ring (bicyclic) bond motifs is 2. The average molecular weight is 414 g/mol. The fourth-order valence-corrected chi connectivity index (χ4v) is 5.33. The Morgan fingerprint density at radius 3 is 2.76 bits per heavy atom. The topological polar surface area (TPSA) is 79.7 Å². The van der Waals surface area contributed by atoms with Crippen LogP contribution in [0.4, 0.5) is 11.4 Å². The maximum Gasteiger partial charge on any atom is 0.268 e. The Bertz CT molecular complexity index is 1170. The number of benzene rings is 1. The molecule has 152 valence electrons. The Morgan fingerprint density at radius 2 is 1.93 bits per heavy atom. The first-order chi connectivity index (χ1) is 14.1. The van der Waals surface area contributed by atoms with Crippen LogP contribution in [0, 0.1) is 0 Å². The van der Waals surface area contributed by atoms with Crippen molar-refractivity contribution < 1.29 is 13.2 Å². The third kappa shape index (κ3) is 3.01. The number of nitrogens with zero attached hydrogens (tertiary/aromatic N) is 4. The molecule has 0 spiro atoms. The first kappa shape index (κ1) is 18.3. The standard InChI is InChI=1S/C20H23N5O3S/c1-23-11-12-28-19-5-4-15(13-17(19)23)29(26,27)25-14-18(24-9-7-21-8-10-24)20-16(25)3-2-6-22-20/h2-6,13-14,21H,7-12H2,1H3. The highest BCUT2D eigenvalue weighted by Crippen LogP contribution is 2.35. The van der Waals surface area contributed by atoms with Crippen molar-refractivity contribution in [3.63, 3.8) is 0 Å². The van der Waals surface area contributed by atoms with Gasteiger partial charge in [-0.1, -0.05) is 0 Å². The molecule has 2 aliphatic heterocycles. The summed E-state index contributed by atoms with van der Waals surface area (Å²) in [4.78, 5) is 8.93. The molecule has 8 nitrogen and oxygen atoms in total. The molecule has 0 bridgehead atoms. The molecule has 0 aliphatic carbocycles. The highest BCUT2D eigenvalue weighted by molar-refractivity contribution is 7.90. The van der Waals surface area contributed by atoms with E-state index in [4.69, 9.17) is 4.74 Å². The summed E-state index contributed by atoms with van der Waals surface area (Å²) in [5, 5.41) is 3.32. The number of hydrogen-bond acceptors (Lipinski definition) is 7. The van der Waals surface area contributed by atoms with Gasteiger partial charge in [-0.2, -0.15) is 0 Å². The zero-order valence-corrected chi connectivity index (χ0v) is 17.0. The van der Waals surface area contributed by atoms with E-state index in [0.29, 0.717) is 23.4 Å². The SMILES string of the molecule is CN1CCOc2ccc(S(=O)(=O)n3cc(N4CCNCC4)c4ncccc43)cc21. The maximum absolute atomic E-state index is 13.6. The van der Waals surface area contributed by atoms with Gasteiger partial charge in [0.05, 0.1) is 28.3 Å². The summed E-state index contributed by atoms with van der Waals surface area (Å²) in [5.74, 6) is 0.707. The Labute approximate surface area is 169 Å². The second-order valence-electron chi connectivity index (χ2n) is 7.32. The van der Waals surface area contributed by atoms with Crippen LogP contribution < -0.4 is 19.9 Å². The Kier molecular flexibility index (Phi) is 4.36. The van der Waals surface area contributed by atoms with Gasteiger partial charge in [-0.25, -0.2) is 12.4 Å². The highest BCUT2D eigenvalue weighted by Gasteiger charge is 2.26. The van der Waals surface area contributed by atoms with Crippen molar-refractivity contribution in [3.8, 4) is 5.75 Å². The van der Waals surface area contributed by atoms with Crippen molar-refractivity contribution in [3.05, 3.63) is 42.7 Å². The smallest absolute Gasteiger partial charge is 0.268 e. The summed E-state index contributed by atoms with van der Waals surface area (Å²) in [5.41, 5.74) is 2.93. The summed E-state index contributed by atoms with van der Waals surface area (Å²) in [6.45, 7) is 4.68. The lowest BCUT2D eigenvalue weighted by Gasteiger charge is -2.28. The van der Waals surface area contributed by atoms with Crippen molar-refractivity contribution >= 4 is 32.4 Å². The van der Waals surface area contributed by atoms with Crippen LogP contribution in [0.5, 0.6) is 5.75 Å². The third-order valence-corrected chi connectivity index (χ3v) is 7.22. The molecule has 0 unspecified atom stereocenters. The molecule has 3 aromatic rings. The zero-order chi connectivity index (χ0) is 20.0. The summed E-state index contributed by atoms with van der Waals surface area (Å²) in [6, 6.07) is 8.61. The predicted molar refractivity (Wildman–Crippen MR) is 113 cm³/mol. The van der Waals surface area contributed by atoms with E-state index < -0.39 is 10.0 Å². The van der Waals surface area contributed by atoms with Crippen LogP contribution in [0.3, 0.4) is 0 Å². The minimum atomic E-state index is -3.79. The van der Waals surface area contributed by atoms with Gasteiger partial charge in [-0.3, -0.25) is 4.98 Å². The minimum Gasteiger partial charge on any atom is -0.490 e. The summed E-state index contributed by atoms with van der Waals surface area (Å²) >= 11 is 0. The first-order valence-electron chi connectivity index (χ1n) is 9.71. The quantitative estimate of drug-likeness (QED) is 0.697. The van der Waals surface area contributed by atoms with Crippen LogP contribution in [0.1, 0.15) is 0 Å². The first-order valence-corrected chi connectivity index (χ1v) is 11.1. The molecule has 5 rings (SSSR count). The number of piperazine rings is 1. The number of aromatic nitrogens is 2. The molecular weight excluding hydrogens is 390 g/mol. The van der Waals surface area contributed by atoms with Crippen LogP contribution >= 0.6 is 0 Å². The molecule has 1 aromatic carbocycles. The summed E-state index contributed by atoms with van der Waals surface area (Å²) in [7, 11) is -1.85. The van der Waals surface area contributed by atoms with Crippen molar-refractivity contribution in [2.24, 2.45) is 0 Å². The molecule has 0 saturated carbocycles. The Hall–Kier alpha value is -2.78. The zero-order valence-electron chi connectivity index (χ0n) is 16.2. The molecule has 0 radical (unpaired) electrons. The van der Waals surface area contributed by atoms with E-state index >= 15 is 0 Å². The number of likely N-dealkylation sites (N-methyl/N-ethyl adjacent to an activating group) is 1. The second-order valence-corrected chi connectivity index (χ2v) is 9.14. The van der Waals surface area contributed by atoms with Gasteiger partial charge in [0.25, 0.3) is 10.0 Å². The molecule has 2 aromatic heterocycles. The fraction of sp³-hybridized carbons (Fsp3) is 0.350. The van der Waals surface area contributed by atoms with E-state index in [9.17, 15) is 8.42 Å². The largest absolute Gasteiger partial charge is 0.490 e. The minimum absolute atomic E-state index is 0.237. The van der Waals surface area contributed by atoms with Crippen molar-refractivity contribution in [1.82, 2.24) is 14.3 Å². The van der Waals surface area contributed by atoms with E-state index in [1.807, 2.05) is 11.9 Å². The summed E-state index contributed by atoms with van der Waals surface area (Å²) < 4.78 is 34.2. The van der Waals surface area contributed by atoms with Gasteiger partial charge in [-0.15, -0.1) is 0 Å². The van der Waals surface area contributed by atoms with Crippen LogP contribution in [0.25, 0.3) is 11.0 Å². The van der Waals surface area contributed by atoms with Gasteiger partial charge in [0.15, 0.2) is 0 Å². The number of pyridine rings is 1. The molecule has 2 aliphatic rings. The number of rotatable bonds is 3. The maximum atomic E-state index is 13.6. The van der Waals surface area contributed by atoms with E-state index in [1.165, 1.54) is 3.97 Å². The van der Waals surface area contributed by atoms with Gasteiger partial charge < -0.3 is 19.9 Å². The van der Waals surface area contributed by atoms with Gasteiger partial charge in [0.1, 0.15) is 17.9 Å². The number of anilines is 2. The van der Waals surface area contributed by atoms with Crippen molar-refractivity contribution in [2.75, 3.05) is 56.2 Å². The molecule has 1 saturated heterocycles. The van der Waals surface area contributed by atoms with E-state index in [0.717, 1.165) is 44.1 Å². The fourth-order valence-electron chi connectivity index (χ4n) is 3.95. The van der Waals surface area contributed by atoms with E-state index in [-0.39, 0.29) is 4.90 Å². The van der Waals surface area contributed by atoms with Crippen LogP contribution in [-0.2, 0) is 10.0 Å². The number of nitrogens with one attached hydrogen (secondary N) is 1. The number of ether oxygens (including phenoxy) is 1. The van der Waals surface area contributed by atoms with Crippen molar-refractivity contribution in [1.29, 1.82) is 0 Å². The van der Waals surface area contributed by atoms with Gasteiger partial charge in [-0.05, 0) is 30.3 Å². The molecule has 1 N–H and O–H groups in total. The van der Waals surface area contributed by atoms with Crippen LogP contribution in [-0.4, -0.2) is 63.8 Å². The Balaban J connectivity index is 1.64. The van der Waals surface area contributed by atoms with Crippen LogP contribution in [0.2, 0.25) is 0 Å². The van der Waals surface area contributed by atoms with Crippen LogP contribution in [0.15, 0.2) is 47.6 Å². The molecule has 0 amide bonds. The molecule has 0 atom stereocenters. The molecule has 9 heteroatoms. The third-order valence-electron chi connectivity index (χ3n) is 5.55. The van der Waals surface area contributed by atoms with E-state index in [1.54, 1.807) is 42.7 Å². The van der Waals surface area contributed by atoms with E-state index in [2.05, 4.69) is 15.2 Å². The lowest BCUT2D eigenvalue weighted by atomic mass is 10.2. The Morgan fingerprint density at radius 1 is 1.10 bits per heavy atom.